The van der Waals surface area contributed by atoms with E-state index in [1.54, 1.807) is 16.0 Å². The van der Waals surface area contributed by atoms with Gasteiger partial charge in [0.15, 0.2) is 0 Å². The molecule has 5 nitrogen and oxygen atoms in total. The van der Waals surface area contributed by atoms with Gasteiger partial charge in [-0.25, -0.2) is 4.79 Å². The van der Waals surface area contributed by atoms with E-state index in [2.05, 4.69) is 28.0 Å². The number of hydrogen-bond donors (Lipinski definition) is 0. The van der Waals surface area contributed by atoms with Crippen LogP contribution in [0.1, 0.15) is 43.2 Å². The number of hydrogen-bond acceptors (Lipinski definition) is 4. The summed E-state index contributed by atoms with van der Waals surface area (Å²) in [5.74, 6) is 0. The van der Waals surface area contributed by atoms with Crippen molar-refractivity contribution in [2.75, 3.05) is 44.7 Å². The second-order valence-electron chi connectivity index (χ2n) is 9.01. The first-order chi connectivity index (χ1) is 13.1. The summed E-state index contributed by atoms with van der Waals surface area (Å²) in [6, 6.07) is 7.74. The molecule has 1 spiro atoms. The molecule has 0 N–H and O–H groups in total. The highest BCUT2D eigenvalue weighted by molar-refractivity contribution is 5.70. The second kappa shape index (κ2) is 6.69. The number of carbonyl (C=O) groups is 1. The maximum Gasteiger partial charge on any atom is 0.410 e. The molecule has 27 heavy (non-hydrogen) atoms. The molecule has 3 heterocycles. The quantitative estimate of drug-likeness (QED) is 0.803. The Morgan fingerprint density at radius 1 is 1.04 bits per heavy atom. The first-order valence-corrected chi connectivity index (χ1v) is 10.7. The number of nitrogens with zero attached hydrogens (tertiary/aromatic N) is 3. The summed E-state index contributed by atoms with van der Waals surface area (Å²) < 4.78 is 5.79. The lowest BCUT2D eigenvalue weighted by Gasteiger charge is -2.45. The fourth-order valence-electron chi connectivity index (χ4n) is 5.69. The van der Waals surface area contributed by atoms with Crippen molar-refractivity contribution >= 4 is 11.8 Å². The Balaban J connectivity index is 1.21. The molecular weight excluding hydrogens is 338 g/mol. The number of carbonyl (C=O) groups excluding carboxylic acids is 1. The van der Waals surface area contributed by atoms with Gasteiger partial charge in [0.25, 0.3) is 0 Å². The molecule has 146 valence electrons. The van der Waals surface area contributed by atoms with Gasteiger partial charge in [0.1, 0.15) is 5.60 Å². The largest absolute Gasteiger partial charge is 0.440 e. The number of rotatable bonds is 2. The van der Waals surface area contributed by atoms with Crippen LogP contribution in [0.4, 0.5) is 10.5 Å². The topological polar surface area (TPSA) is 36.0 Å². The minimum absolute atomic E-state index is 0.150. The molecule has 3 aliphatic heterocycles. The van der Waals surface area contributed by atoms with Crippen LogP contribution >= 0.6 is 0 Å². The normalized spacial score (nSPS) is 29.4. The van der Waals surface area contributed by atoms with Gasteiger partial charge in [-0.15, -0.1) is 0 Å². The molecular formula is C22H31N3O2. The van der Waals surface area contributed by atoms with Crippen molar-refractivity contribution in [1.82, 2.24) is 9.80 Å². The maximum atomic E-state index is 11.9. The number of amides is 1. The molecule has 1 atom stereocenters. The summed E-state index contributed by atoms with van der Waals surface area (Å²) in [5.41, 5.74) is 4.28. The Hall–Kier alpha value is -1.75. The number of anilines is 1. The highest BCUT2D eigenvalue weighted by atomic mass is 16.6. The zero-order valence-corrected chi connectivity index (χ0v) is 16.5. The van der Waals surface area contributed by atoms with Gasteiger partial charge in [-0.3, -0.25) is 4.90 Å². The van der Waals surface area contributed by atoms with E-state index >= 15 is 0 Å². The Morgan fingerprint density at radius 2 is 1.85 bits per heavy atom. The van der Waals surface area contributed by atoms with Crippen LogP contribution in [0.5, 0.6) is 0 Å². The second-order valence-corrected chi connectivity index (χ2v) is 9.01. The van der Waals surface area contributed by atoms with Crippen molar-refractivity contribution in [3.63, 3.8) is 0 Å². The van der Waals surface area contributed by atoms with Gasteiger partial charge in [0.05, 0.1) is 6.54 Å². The van der Waals surface area contributed by atoms with Gasteiger partial charge in [-0.1, -0.05) is 6.07 Å². The van der Waals surface area contributed by atoms with E-state index in [1.165, 1.54) is 37.8 Å². The number of ether oxygens (including phenoxy) is 1. The smallest absolute Gasteiger partial charge is 0.410 e. The van der Waals surface area contributed by atoms with Crippen LogP contribution in [0, 0.1) is 0 Å². The van der Waals surface area contributed by atoms with Crippen molar-refractivity contribution in [2.24, 2.45) is 0 Å². The SMILES string of the molecule is CN1C[C@]2(CCCN(C3CCN(c4ccc5c(c4)CCC5)CC3)C2)OC1=O. The highest BCUT2D eigenvalue weighted by Gasteiger charge is 2.47. The molecule has 0 bridgehead atoms. The Bertz CT molecular complexity index is 728. The van der Waals surface area contributed by atoms with Crippen molar-refractivity contribution < 1.29 is 9.53 Å². The Labute approximate surface area is 162 Å². The number of likely N-dealkylation sites (tertiary alicyclic amines) is 1. The van der Waals surface area contributed by atoms with Gasteiger partial charge >= 0.3 is 6.09 Å². The monoisotopic (exact) mass is 369 g/mol. The van der Waals surface area contributed by atoms with Gasteiger partial charge in [0.2, 0.25) is 0 Å². The molecule has 5 rings (SSSR count). The molecule has 0 radical (unpaired) electrons. The maximum absolute atomic E-state index is 11.9. The van der Waals surface area contributed by atoms with E-state index in [9.17, 15) is 4.79 Å². The molecule has 5 heteroatoms. The minimum Gasteiger partial charge on any atom is -0.440 e. The number of piperidine rings is 2. The summed E-state index contributed by atoms with van der Waals surface area (Å²) in [4.78, 5) is 18.8. The van der Waals surface area contributed by atoms with Crippen molar-refractivity contribution in [3.8, 4) is 0 Å². The number of fused-ring (bicyclic) bond motifs is 1. The summed E-state index contributed by atoms with van der Waals surface area (Å²) in [6.07, 6.45) is 8.23. The van der Waals surface area contributed by atoms with Gasteiger partial charge in [-0.2, -0.15) is 0 Å². The standard InChI is InChI=1S/C22H31N3O2/c1-23-15-22(27-21(23)26)10-3-11-25(16-22)19-8-12-24(13-9-19)20-7-6-17-4-2-5-18(17)14-20/h6-7,14,19H,2-5,8-13,15-16H2,1H3/t22-/m0/s1. The molecule has 1 aromatic carbocycles. The van der Waals surface area contributed by atoms with Crippen molar-refractivity contribution in [3.05, 3.63) is 29.3 Å². The molecule has 1 amide bonds. The lowest BCUT2D eigenvalue weighted by Crippen LogP contribution is -2.55. The van der Waals surface area contributed by atoms with Crippen LogP contribution in [-0.2, 0) is 17.6 Å². The first-order valence-electron chi connectivity index (χ1n) is 10.7. The van der Waals surface area contributed by atoms with Crippen molar-refractivity contribution in [2.45, 2.75) is 56.6 Å². The van der Waals surface area contributed by atoms with E-state index in [1.807, 2.05) is 7.05 Å². The molecule has 0 unspecified atom stereocenters. The molecule has 0 aromatic heterocycles. The zero-order valence-electron chi connectivity index (χ0n) is 16.5. The van der Waals surface area contributed by atoms with Gasteiger partial charge in [-0.05, 0) is 74.8 Å². The van der Waals surface area contributed by atoms with Crippen LogP contribution < -0.4 is 4.90 Å². The highest BCUT2D eigenvalue weighted by Crippen LogP contribution is 2.34. The number of aryl methyl sites for hydroxylation is 2. The van der Waals surface area contributed by atoms with Gasteiger partial charge < -0.3 is 14.5 Å². The van der Waals surface area contributed by atoms with Crippen LogP contribution in [0.2, 0.25) is 0 Å². The van der Waals surface area contributed by atoms with Crippen LogP contribution in [0.3, 0.4) is 0 Å². The molecule has 1 aromatic rings. The minimum atomic E-state index is -0.263. The third-order valence-corrected chi connectivity index (χ3v) is 7.14. The molecule has 1 aliphatic carbocycles. The molecule has 4 aliphatic rings. The Kier molecular flexibility index (Phi) is 4.30. The summed E-state index contributed by atoms with van der Waals surface area (Å²) in [5, 5.41) is 0. The van der Waals surface area contributed by atoms with E-state index in [-0.39, 0.29) is 11.7 Å². The summed E-state index contributed by atoms with van der Waals surface area (Å²) in [6.45, 7) is 5.06. The van der Waals surface area contributed by atoms with E-state index in [0.717, 1.165) is 45.6 Å². The van der Waals surface area contributed by atoms with Gasteiger partial charge in [0, 0.05) is 38.4 Å². The van der Waals surface area contributed by atoms with E-state index in [0.29, 0.717) is 6.04 Å². The Morgan fingerprint density at radius 3 is 2.63 bits per heavy atom. The molecule has 3 fully saturated rings. The average molecular weight is 370 g/mol. The van der Waals surface area contributed by atoms with Crippen molar-refractivity contribution in [1.29, 1.82) is 0 Å². The van der Waals surface area contributed by atoms with Crippen LogP contribution in [0.15, 0.2) is 18.2 Å². The molecule has 3 saturated heterocycles. The van der Waals surface area contributed by atoms with Crippen LogP contribution in [0.25, 0.3) is 0 Å². The predicted molar refractivity (Wildman–Crippen MR) is 106 cm³/mol. The first kappa shape index (κ1) is 17.4. The summed E-state index contributed by atoms with van der Waals surface area (Å²) in [7, 11) is 1.85. The lowest BCUT2D eigenvalue weighted by atomic mass is 9.90. The number of likely N-dealkylation sites (N-methyl/N-ethyl adjacent to an activating group) is 1. The lowest BCUT2D eigenvalue weighted by molar-refractivity contribution is -0.0261. The predicted octanol–water partition coefficient (Wildman–Crippen LogP) is 3.06. The number of benzene rings is 1. The fourth-order valence-corrected chi connectivity index (χ4v) is 5.69. The zero-order chi connectivity index (χ0) is 18.4. The average Bonchev–Trinajstić information content (AvgIpc) is 3.25. The molecule has 0 saturated carbocycles. The van der Waals surface area contributed by atoms with Crippen LogP contribution in [-0.4, -0.2) is 67.3 Å². The van der Waals surface area contributed by atoms with E-state index in [4.69, 9.17) is 4.74 Å². The third-order valence-electron chi connectivity index (χ3n) is 7.14. The summed E-state index contributed by atoms with van der Waals surface area (Å²) >= 11 is 0. The van der Waals surface area contributed by atoms with E-state index < -0.39 is 0 Å². The third kappa shape index (κ3) is 3.20. The fraction of sp³-hybridized carbons (Fsp3) is 0.682.